The van der Waals surface area contributed by atoms with Gasteiger partial charge < -0.3 is 9.47 Å². The third-order valence-electron chi connectivity index (χ3n) is 6.64. The number of anilines is 2. The topological polar surface area (TPSA) is 76.2 Å². The standard InChI is InChI=1S/C33H29IN2O5/c1-4-17-41-30-27(34)19-22(20-29(30)40-5-2)18-26-31(37)35(24-15-13-21(3)14-16-24)33(39)36(32(26)38)28-12-8-10-23-9-6-7-11-25(23)28/h6-16,18-20H,4-5,17H2,1-3H3/b26-18+. The summed E-state index contributed by atoms with van der Waals surface area (Å²) in [5.41, 5.74) is 2.20. The van der Waals surface area contributed by atoms with Crippen LogP contribution in [0.25, 0.3) is 16.8 Å². The van der Waals surface area contributed by atoms with Crippen LogP contribution in [0.3, 0.4) is 0 Å². The Labute approximate surface area is 252 Å². The highest BCUT2D eigenvalue weighted by molar-refractivity contribution is 14.1. The quantitative estimate of drug-likeness (QED) is 0.111. The van der Waals surface area contributed by atoms with E-state index in [9.17, 15) is 14.4 Å². The molecular formula is C33H29IN2O5. The molecule has 0 radical (unpaired) electrons. The maximum absolute atomic E-state index is 14.1. The predicted octanol–water partition coefficient (Wildman–Crippen LogP) is 7.52. The van der Waals surface area contributed by atoms with Crippen molar-refractivity contribution >= 4 is 68.7 Å². The van der Waals surface area contributed by atoms with Crippen LogP contribution < -0.4 is 19.3 Å². The number of ether oxygens (including phenoxy) is 2. The molecule has 1 aliphatic heterocycles. The number of hydrogen-bond acceptors (Lipinski definition) is 5. The van der Waals surface area contributed by atoms with Crippen LogP contribution in [0.1, 0.15) is 31.4 Å². The van der Waals surface area contributed by atoms with E-state index in [1.807, 2.05) is 69.3 Å². The molecule has 4 aromatic carbocycles. The highest BCUT2D eigenvalue weighted by Gasteiger charge is 2.44. The minimum absolute atomic E-state index is 0.140. The highest BCUT2D eigenvalue weighted by atomic mass is 127. The SMILES string of the molecule is CCCOc1c(I)cc(/C=C2\C(=O)N(c3ccc(C)cc3)C(=O)N(c3cccc4ccccc34)C2=O)cc1OCC. The number of fused-ring (bicyclic) bond motifs is 1. The molecule has 41 heavy (non-hydrogen) atoms. The van der Waals surface area contributed by atoms with Crippen molar-refractivity contribution in [1.82, 2.24) is 0 Å². The van der Waals surface area contributed by atoms with Crippen molar-refractivity contribution in [2.45, 2.75) is 27.2 Å². The number of carbonyl (C=O) groups is 3. The molecule has 4 amide bonds. The summed E-state index contributed by atoms with van der Waals surface area (Å²) in [7, 11) is 0. The molecule has 0 aliphatic carbocycles. The number of halogens is 1. The van der Waals surface area contributed by atoms with Crippen LogP contribution in [0.15, 0.2) is 84.4 Å². The normalized spacial score (nSPS) is 14.7. The Balaban J connectivity index is 1.68. The molecule has 1 fully saturated rings. The summed E-state index contributed by atoms with van der Waals surface area (Å²) in [6.07, 6.45) is 2.36. The van der Waals surface area contributed by atoms with Gasteiger partial charge in [0.15, 0.2) is 11.5 Å². The molecule has 1 saturated heterocycles. The number of amides is 4. The second kappa shape index (κ2) is 12.1. The van der Waals surface area contributed by atoms with Crippen molar-refractivity contribution in [3.05, 3.63) is 99.1 Å². The zero-order valence-corrected chi connectivity index (χ0v) is 25.2. The Hall–Kier alpha value is -4.18. The lowest BCUT2D eigenvalue weighted by molar-refractivity contribution is -0.121. The second-order valence-electron chi connectivity index (χ2n) is 9.57. The van der Waals surface area contributed by atoms with Crippen LogP contribution in [0.5, 0.6) is 11.5 Å². The summed E-state index contributed by atoms with van der Waals surface area (Å²) in [6, 6.07) is 22.8. The lowest BCUT2D eigenvalue weighted by atomic mass is 10.0. The average molecular weight is 661 g/mol. The van der Waals surface area contributed by atoms with E-state index in [-0.39, 0.29) is 5.57 Å². The van der Waals surface area contributed by atoms with Gasteiger partial charge in [-0.15, -0.1) is 0 Å². The molecule has 1 aliphatic rings. The fourth-order valence-electron chi connectivity index (χ4n) is 4.71. The minimum atomic E-state index is -0.731. The van der Waals surface area contributed by atoms with E-state index in [2.05, 4.69) is 22.6 Å². The highest BCUT2D eigenvalue weighted by Crippen LogP contribution is 2.37. The fraction of sp³-hybridized carbons (Fsp3) is 0.182. The van der Waals surface area contributed by atoms with Gasteiger partial charge >= 0.3 is 6.03 Å². The van der Waals surface area contributed by atoms with E-state index in [0.717, 1.165) is 36.1 Å². The molecule has 0 aromatic heterocycles. The molecule has 0 saturated carbocycles. The van der Waals surface area contributed by atoms with Crippen LogP contribution in [-0.2, 0) is 9.59 Å². The number of benzene rings is 4. The first-order valence-electron chi connectivity index (χ1n) is 13.4. The summed E-state index contributed by atoms with van der Waals surface area (Å²) < 4.78 is 12.6. The molecule has 7 nitrogen and oxygen atoms in total. The van der Waals surface area contributed by atoms with Gasteiger partial charge in [0.25, 0.3) is 11.8 Å². The molecule has 4 aromatic rings. The van der Waals surface area contributed by atoms with Crippen molar-refractivity contribution in [1.29, 1.82) is 0 Å². The Bertz CT molecular complexity index is 1670. The number of hydrogen-bond donors (Lipinski definition) is 0. The Morgan fingerprint density at radius 2 is 1.54 bits per heavy atom. The summed E-state index contributed by atoms with van der Waals surface area (Å²) in [5.74, 6) is -0.252. The Morgan fingerprint density at radius 1 is 0.829 bits per heavy atom. The number of rotatable bonds is 8. The minimum Gasteiger partial charge on any atom is -0.490 e. The van der Waals surface area contributed by atoms with Crippen LogP contribution >= 0.6 is 22.6 Å². The predicted molar refractivity (Wildman–Crippen MR) is 170 cm³/mol. The van der Waals surface area contributed by atoms with Crippen molar-refractivity contribution in [2.24, 2.45) is 0 Å². The number of imide groups is 2. The monoisotopic (exact) mass is 660 g/mol. The van der Waals surface area contributed by atoms with Gasteiger partial charge in [-0.2, -0.15) is 0 Å². The summed E-state index contributed by atoms with van der Waals surface area (Å²) >= 11 is 2.16. The van der Waals surface area contributed by atoms with Gasteiger partial charge in [-0.1, -0.05) is 61.0 Å². The molecular weight excluding hydrogens is 631 g/mol. The fourth-order valence-corrected chi connectivity index (χ4v) is 5.49. The van der Waals surface area contributed by atoms with Crippen LogP contribution in [0.2, 0.25) is 0 Å². The summed E-state index contributed by atoms with van der Waals surface area (Å²) in [6.45, 7) is 6.77. The van der Waals surface area contributed by atoms with Crippen molar-refractivity contribution < 1.29 is 23.9 Å². The van der Waals surface area contributed by atoms with Gasteiger partial charge in [-0.05, 0) is 90.2 Å². The first kappa shape index (κ1) is 28.4. The largest absolute Gasteiger partial charge is 0.490 e. The summed E-state index contributed by atoms with van der Waals surface area (Å²) in [5, 5.41) is 1.59. The Kier molecular flexibility index (Phi) is 8.39. The van der Waals surface area contributed by atoms with E-state index in [1.54, 1.807) is 30.3 Å². The zero-order chi connectivity index (χ0) is 29.1. The smallest absolute Gasteiger partial charge is 0.343 e. The van der Waals surface area contributed by atoms with Crippen LogP contribution in [0.4, 0.5) is 16.2 Å². The first-order chi connectivity index (χ1) is 19.8. The van der Waals surface area contributed by atoms with E-state index >= 15 is 0 Å². The van der Waals surface area contributed by atoms with Gasteiger partial charge in [-0.25, -0.2) is 14.6 Å². The molecule has 0 unspecified atom stereocenters. The summed E-state index contributed by atoms with van der Waals surface area (Å²) in [4.78, 5) is 44.1. The Morgan fingerprint density at radius 3 is 2.27 bits per heavy atom. The van der Waals surface area contributed by atoms with E-state index < -0.39 is 17.8 Å². The molecule has 1 heterocycles. The van der Waals surface area contributed by atoms with Gasteiger partial charge in [0, 0.05) is 5.39 Å². The maximum atomic E-state index is 14.1. The average Bonchev–Trinajstić information content (AvgIpc) is 2.96. The molecule has 0 bridgehead atoms. The van der Waals surface area contributed by atoms with Gasteiger partial charge in [0.1, 0.15) is 5.57 Å². The van der Waals surface area contributed by atoms with E-state index in [0.29, 0.717) is 41.7 Å². The van der Waals surface area contributed by atoms with Gasteiger partial charge in [-0.3, -0.25) is 9.59 Å². The third-order valence-corrected chi connectivity index (χ3v) is 7.44. The number of barbiturate groups is 1. The van der Waals surface area contributed by atoms with Crippen molar-refractivity contribution in [2.75, 3.05) is 23.0 Å². The van der Waals surface area contributed by atoms with Crippen molar-refractivity contribution in [3.63, 3.8) is 0 Å². The number of nitrogens with zero attached hydrogens (tertiary/aromatic N) is 2. The van der Waals surface area contributed by atoms with Crippen molar-refractivity contribution in [3.8, 4) is 11.5 Å². The second-order valence-corrected chi connectivity index (χ2v) is 10.7. The van der Waals surface area contributed by atoms with Gasteiger partial charge in [0.2, 0.25) is 0 Å². The van der Waals surface area contributed by atoms with E-state index in [1.165, 1.54) is 6.08 Å². The molecule has 208 valence electrons. The van der Waals surface area contributed by atoms with Crippen LogP contribution in [0, 0.1) is 10.5 Å². The lowest BCUT2D eigenvalue weighted by Gasteiger charge is -2.34. The molecule has 0 spiro atoms. The third kappa shape index (κ3) is 5.56. The first-order valence-corrected chi connectivity index (χ1v) is 14.5. The maximum Gasteiger partial charge on any atom is 0.343 e. The molecule has 8 heteroatoms. The lowest BCUT2D eigenvalue weighted by Crippen LogP contribution is -2.57. The van der Waals surface area contributed by atoms with Gasteiger partial charge in [0.05, 0.1) is 28.2 Å². The number of aryl methyl sites for hydroxylation is 1. The van der Waals surface area contributed by atoms with E-state index in [4.69, 9.17) is 9.47 Å². The number of urea groups is 1. The molecule has 0 N–H and O–H groups in total. The zero-order valence-electron chi connectivity index (χ0n) is 23.0. The van der Waals surface area contributed by atoms with Crippen LogP contribution in [-0.4, -0.2) is 31.1 Å². The molecule has 5 rings (SSSR count). The molecule has 0 atom stereocenters. The number of carbonyl (C=O) groups excluding carboxylic acids is 3.